The molecule has 1 N–H and O–H groups in total. The molecule has 0 bridgehead atoms. The number of carbonyl (C=O) groups is 2. The molecule has 0 aliphatic carbocycles. The molecule has 0 radical (unpaired) electrons. The third kappa shape index (κ3) is 6.58. The Kier molecular flexibility index (Phi) is 7.76. The van der Waals surface area contributed by atoms with Crippen molar-refractivity contribution < 1.29 is 22.8 Å². The topological polar surface area (TPSA) is 49.4 Å². The van der Waals surface area contributed by atoms with E-state index in [4.69, 9.17) is 11.6 Å². The Morgan fingerprint density at radius 1 is 0.939 bits per heavy atom. The lowest BCUT2D eigenvalue weighted by Crippen LogP contribution is -2.34. The molecule has 1 unspecified atom stereocenters. The standard InChI is InChI=1S/C25H22ClF3N2O2/c1-31(16-17-11-13-19(14-12-17)25(27,28)29)23(32)15-22(18-7-3-2-4-8-18)30-24(33)20-9-5-6-10-21(20)26/h2-14,22H,15-16H2,1H3,(H,30,33). The van der Waals surface area contributed by atoms with E-state index in [9.17, 15) is 22.8 Å². The van der Waals surface area contributed by atoms with E-state index in [2.05, 4.69) is 5.32 Å². The Hall–Kier alpha value is -3.32. The van der Waals surface area contributed by atoms with Gasteiger partial charge in [0, 0.05) is 13.6 Å². The van der Waals surface area contributed by atoms with Crippen molar-refractivity contribution in [2.75, 3.05) is 7.05 Å². The maximum Gasteiger partial charge on any atom is 0.416 e. The minimum Gasteiger partial charge on any atom is -0.345 e. The van der Waals surface area contributed by atoms with E-state index in [-0.39, 0.29) is 18.9 Å². The molecule has 0 saturated heterocycles. The van der Waals surface area contributed by atoms with Crippen LogP contribution < -0.4 is 5.32 Å². The van der Waals surface area contributed by atoms with Gasteiger partial charge in [0.2, 0.25) is 5.91 Å². The van der Waals surface area contributed by atoms with Gasteiger partial charge in [-0.1, -0.05) is 66.2 Å². The Labute approximate surface area is 195 Å². The first-order valence-electron chi connectivity index (χ1n) is 10.2. The van der Waals surface area contributed by atoms with Crippen molar-refractivity contribution in [1.82, 2.24) is 10.2 Å². The average Bonchev–Trinajstić information content (AvgIpc) is 2.79. The number of halogens is 4. The number of benzene rings is 3. The fourth-order valence-corrected chi connectivity index (χ4v) is 3.53. The van der Waals surface area contributed by atoms with Gasteiger partial charge in [-0.2, -0.15) is 13.2 Å². The third-order valence-electron chi connectivity index (χ3n) is 5.13. The van der Waals surface area contributed by atoms with Crippen LogP contribution in [0.2, 0.25) is 5.02 Å². The molecule has 3 rings (SSSR count). The highest BCUT2D eigenvalue weighted by Gasteiger charge is 2.30. The lowest BCUT2D eigenvalue weighted by atomic mass is 10.0. The van der Waals surface area contributed by atoms with E-state index in [0.717, 1.165) is 17.7 Å². The summed E-state index contributed by atoms with van der Waals surface area (Å²) in [7, 11) is 1.57. The zero-order chi connectivity index (χ0) is 24.0. The van der Waals surface area contributed by atoms with E-state index >= 15 is 0 Å². The molecule has 0 aromatic heterocycles. The van der Waals surface area contributed by atoms with Crippen molar-refractivity contribution in [3.63, 3.8) is 0 Å². The van der Waals surface area contributed by atoms with Crippen LogP contribution in [-0.2, 0) is 17.5 Å². The van der Waals surface area contributed by atoms with Gasteiger partial charge in [0.1, 0.15) is 0 Å². The van der Waals surface area contributed by atoms with E-state index in [1.54, 1.807) is 55.6 Å². The van der Waals surface area contributed by atoms with E-state index < -0.39 is 23.7 Å². The number of carbonyl (C=O) groups excluding carboxylic acids is 2. The molecule has 8 heteroatoms. The highest BCUT2D eigenvalue weighted by molar-refractivity contribution is 6.33. The summed E-state index contributed by atoms with van der Waals surface area (Å²) in [6.45, 7) is 0.136. The van der Waals surface area contributed by atoms with Gasteiger partial charge in [0.15, 0.2) is 0 Å². The van der Waals surface area contributed by atoms with Crippen LogP contribution in [0.15, 0.2) is 78.9 Å². The molecule has 0 aliphatic heterocycles. The Bertz CT molecular complexity index is 1100. The number of hydrogen-bond donors (Lipinski definition) is 1. The van der Waals surface area contributed by atoms with Crippen molar-refractivity contribution in [1.29, 1.82) is 0 Å². The molecule has 3 aromatic carbocycles. The molecule has 2 amide bonds. The zero-order valence-electron chi connectivity index (χ0n) is 17.8. The monoisotopic (exact) mass is 474 g/mol. The molecule has 172 valence electrons. The van der Waals surface area contributed by atoms with Gasteiger partial charge >= 0.3 is 6.18 Å². The van der Waals surface area contributed by atoms with Crippen LogP contribution >= 0.6 is 11.6 Å². The third-order valence-corrected chi connectivity index (χ3v) is 5.46. The minimum absolute atomic E-state index is 0.0304. The van der Waals surface area contributed by atoms with Crippen molar-refractivity contribution in [2.24, 2.45) is 0 Å². The summed E-state index contributed by atoms with van der Waals surface area (Å²) >= 11 is 6.13. The number of nitrogens with one attached hydrogen (secondary N) is 1. The Morgan fingerprint density at radius 3 is 2.15 bits per heavy atom. The summed E-state index contributed by atoms with van der Waals surface area (Å²) < 4.78 is 38.3. The molecular weight excluding hydrogens is 453 g/mol. The summed E-state index contributed by atoms with van der Waals surface area (Å²) in [5.41, 5.74) is 0.863. The molecule has 0 aliphatic rings. The van der Waals surface area contributed by atoms with Crippen LogP contribution in [-0.4, -0.2) is 23.8 Å². The second-order valence-corrected chi connectivity index (χ2v) is 7.97. The number of hydrogen-bond acceptors (Lipinski definition) is 2. The van der Waals surface area contributed by atoms with Gasteiger partial charge in [-0.25, -0.2) is 0 Å². The van der Waals surface area contributed by atoms with E-state index in [1.807, 2.05) is 6.07 Å². The molecular formula is C25H22ClF3N2O2. The quantitative estimate of drug-likeness (QED) is 0.465. The van der Waals surface area contributed by atoms with Crippen LogP contribution in [0, 0.1) is 0 Å². The Morgan fingerprint density at radius 2 is 1.55 bits per heavy atom. The van der Waals surface area contributed by atoms with Gasteiger partial charge in [-0.15, -0.1) is 0 Å². The predicted molar refractivity (Wildman–Crippen MR) is 121 cm³/mol. The van der Waals surface area contributed by atoms with Crippen molar-refractivity contribution in [3.8, 4) is 0 Å². The van der Waals surface area contributed by atoms with Gasteiger partial charge in [0.25, 0.3) is 5.91 Å². The SMILES string of the molecule is CN(Cc1ccc(C(F)(F)F)cc1)C(=O)CC(NC(=O)c1ccccc1Cl)c1ccccc1. The van der Waals surface area contributed by atoms with Gasteiger partial charge < -0.3 is 10.2 Å². The van der Waals surface area contributed by atoms with Crippen molar-refractivity contribution >= 4 is 23.4 Å². The van der Waals surface area contributed by atoms with Crippen LogP contribution in [0.1, 0.15) is 39.5 Å². The van der Waals surface area contributed by atoms with Gasteiger partial charge in [0.05, 0.1) is 28.6 Å². The summed E-state index contributed by atoms with van der Waals surface area (Å²) in [6.07, 6.45) is -4.44. The summed E-state index contributed by atoms with van der Waals surface area (Å²) in [5, 5.41) is 3.17. The zero-order valence-corrected chi connectivity index (χ0v) is 18.5. The van der Waals surface area contributed by atoms with Crippen molar-refractivity contribution in [2.45, 2.75) is 25.2 Å². The summed E-state index contributed by atoms with van der Waals surface area (Å²) in [5.74, 6) is -0.684. The molecule has 3 aromatic rings. The lowest BCUT2D eigenvalue weighted by Gasteiger charge is -2.23. The fraction of sp³-hybridized carbons (Fsp3) is 0.200. The molecule has 33 heavy (non-hydrogen) atoms. The molecule has 4 nitrogen and oxygen atoms in total. The summed E-state index contributed by atoms with van der Waals surface area (Å²) in [6, 6.07) is 19.7. The van der Waals surface area contributed by atoms with Crippen LogP contribution in [0.3, 0.4) is 0 Å². The van der Waals surface area contributed by atoms with Crippen molar-refractivity contribution in [3.05, 3.63) is 106 Å². The average molecular weight is 475 g/mol. The number of amides is 2. The number of alkyl halides is 3. The van der Waals surface area contributed by atoms with Crippen LogP contribution in [0.4, 0.5) is 13.2 Å². The normalized spacial score (nSPS) is 12.2. The molecule has 0 spiro atoms. The predicted octanol–water partition coefficient (Wildman–Crippen LogP) is 5.88. The van der Waals surface area contributed by atoms with Crippen LogP contribution in [0.5, 0.6) is 0 Å². The van der Waals surface area contributed by atoms with Crippen LogP contribution in [0.25, 0.3) is 0 Å². The van der Waals surface area contributed by atoms with E-state index in [0.29, 0.717) is 16.1 Å². The van der Waals surface area contributed by atoms with E-state index in [1.165, 1.54) is 17.0 Å². The Balaban J connectivity index is 1.72. The first-order valence-corrected chi connectivity index (χ1v) is 10.5. The first kappa shape index (κ1) is 24.3. The number of rotatable bonds is 7. The maximum absolute atomic E-state index is 12.9. The molecule has 0 fully saturated rings. The highest BCUT2D eigenvalue weighted by atomic mass is 35.5. The minimum atomic E-state index is -4.41. The maximum atomic E-state index is 12.9. The molecule has 1 atom stereocenters. The second-order valence-electron chi connectivity index (χ2n) is 7.57. The van der Waals surface area contributed by atoms with Gasteiger partial charge in [-0.3, -0.25) is 9.59 Å². The first-order chi connectivity index (χ1) is 15.6. The number of nitrogens with zero attached hydrogens (tertiary/aromatic N) is 1. The fourth-order valence-electron chi connectivity index (χ4n) is 3.31. The largest absolute Gasteiger partial charge is 0.416 e. The van der Waals surface area contributed by atoms with Gasteiger partial charge in [-0.05, 0) is 35.4 Å². The molecule has 0 saturated carbocycles. The highest BCUT2D eigenvalue weighted by Crippen LogP contribution is 2.29. The summed E-state index contributed by atoms with van der Waals surface area (Å²) in [4.78, 5) is 27.1. The second kappa shape index (κ2) is 10.5. The smallest absolute Gasteiger partial charge is 0.345 e. The molecule has 0 heterocycles. The lowest BCUT2D eigenvalue weighted by molar-refractivity contribution is -0.137.